The zero-order chi connectivity index (χ0) is 29.4. The smallest absolute Gasteiger partial charge is 0.257 e. The van der Waals surface area contributed by atoms with E-state index in [4.69, 9.17) is 10.8 Å². The summed E-state index contributed by atoms with van der Waals surface area (Å²) >= 11 is 1.48. The molecule has 3 N–H and O–H groups in total. The van der Waals surface area contributed by atoms with Crippen LogP contribution in [0.4, 0.5) is 10.9 Å². The summed E-state index contributed by atoms with van der Waals surface area (Å²) in [5.74, 6) is 0.474. The van der Waals surface area contributed by atoms with Crippen molar-refractivity contribution in [3.63, 3.8) is 0 Å². The molecule has 1 saturated heterocycles. The Labute approximate surface area is 248 Å². The minimum absolute atomic E-state index is 0.0135. The van der Waals surface area contributed by atoms with E-state index in [0.29, 0.717) is 58.3 Å². The largest absolute Gasteiger partial charge is 0.383 e. The lowest BCUT2D eigenvalue weighted by Gasteiger charge is -2.16. The number of aromatic nitrogens is 5. The molecule has 0 spiro atoms. The third-order valence-corrected chi connectivity index (χ3v) is 9.11. The van der Waals surface area contributed by atoms with Crippen LogP contribution in [-0.4, -0.2) is 79.1 Å². The van der Waals surface area contributed by atoms with Gasteiger partial charge in [-0.05, 0) is 44.4 Å². The van der Waals surface area contributed by atoms with Gasteiger partial charge in [-0.3, -0.25) is 19.8 Å². The van der Waals surface area contributed by atoms with E-state index in [1.807, 2.05) is 27.8 Å². The van der Waals surface area contributed by atoms with Crippen molar-refractivity contribution in [2.24, 2.45) is 0 Å². The Morgan fingerprint density at radius 1 is 1.17 bits per heavy atom. The Morgan fingerprint density at radius 3 is 2.67 bits per heavy atom. The number of carbonyl (C=O) groups is 2. The highest BCUT2D eigenvalue weighted by molar-refractivity contribution is 7.15. The Morgan fingerprint density at radius 2 is 1.95 bits per heavy atom. The zero-order valence-electron chi connectivity index (χ0n) is 24.0. The first-order valence-electron chi connectivity index (χ1n) is 14.3. The molecule has 4 heterocycles. The number of rotatable bonds is 9. The molecule has 1 aliphatic heterocycles. The molecular weight excluding hydrogens is 550 g/mol. The highest BCUT2D eigenvalue weighted by atomic mass is 32.1. The van der Waals surface area contributed by atoms with E-state index in [0.717, 1.165) is 23.4 Å². The van der Waals surface area contributed by atoms with Gasteiger partial charge in [-0.25, -0.2) is 19.6 Å². The molecule has 1 saturated carbocycles. The van der Waals surface area contributed by atoms with Gasteiger partial charge < -0.3 is 10.6 Å². The molecular formula is C30H35N9O2S. The first-order valence-corrected chi connectivity index (χ1v) is 15.1. The molecule has 4 aromatic rings. The molecule has 1 aromatic carbocycles. The fourth-order valence-corrected chi connectivity index (χ4v) is 6.06. The number of amides is 2. The number of likely N-dealkylation sites (N-methyl/N-ethyl adjacent to an activating group) is 1. The number of fused-ring (bicyclic) bond motifs is 1. The average Bonchev–Trinajstić information content (AvgIpc) is 3.35. The van der Waals surface area contributed by atoms with Crippen LogP contribution in [-0.2, 0) is 4.79 Å². The van der Waals surface area contributed by atoms with E-state index in [-0.39, 0.29) is 17.9 Å². The summed E-state index contributed by atoms with van der Waals surface area (Å²) < 4.78 is 1.87. The maximum Gasteiger partial charge on any atom is 0.257 e. The van der Waals surface area contributed by atoms with Crippen LogP contribution in [0.25, 0.3) is 22.3 Å². The Kier molecular flexibility index (Phi) is 7.74. The normalized spacial score (nSPS) is 17.3. The fraction of sp³-hybridized carbons (Fsp3) is 0.400. The molecule has 11 nitrogen and oxygen atoms in total. The molecule has 0 bridgehead atoms. The van der Waals surface area contributed by atoms with Gasteiger partial charge in [-0.2, -0.15) is 5.10 Å². The number of thiazole rings is 1. The lowest BCUT2D eigenvalue weighted by atomic mass is 10.1. The van der Waals surface area contributed by atoms with Crippen molar-refractivity contribution < 1.29 is 9.59 Å². The summed E-state index contributed by atoms with van der Waals surface area (Å²) in [6, 6.07) is 7.84. The van der Waals surface area contributed by atoms with Gasteiger partial charge in [0.15, 0.2) is 10.8 Å². The summed E-state index contributed by atoms with van der Waals surface area (Å²) in [5.41, 5.74) is 8.90. The summed E-state index contributed by atoms with van der Waals surface area (Å²) in [7, 11) is 2.10. The third-order valence-electron chi connectivity index (χ3n) is 7.90. The number of anilines is 2. The summed E-state index contributed by atoms with van der Waals surface area (Å²) in [5, 5.41) is 9.05. The number of nitrogens with zero attached hydrogens (tertiary/aromatic N) is 7. The molecule has 0 radical (unpaired) electrons. The Hall–Kier alpha value is -4.16. The SMILES string of the molecule is CC(C)c1cnc(NC(=O)c2ccc(-c3nn(C4CCN(C(=O)/C=C/CN(C)C5CC5)C4)c4ncnc(N)c34)cc2)s1. The maximum atomic E-state index is 12.9. The number of nitrogens with one attached hydrogen (secondary N) is 1. The predicted molar refractivity (Wildman–Crippen MR) is 164 cm³/mol. The monoisotopic (exact) mass is 585 g/mol. The number of carbonyl (C=O) groups excluding carboxylic acids is 2. The Balaban J connectivity index is 1.19. The second-order valence-electron chi connectivity index (χ2n) is 11.3. The third kappa shape index (κ3) is 5.77. The molecule has 12 heteroatoms. The van der Waals surface area contributed by atoms with Gasteiger partial charge in [0, 0.05) is 54.0 Å². The number of nitrogens with two attached hydrogens (primary N) is 1. The summed E-state index contributed by atoms with van der Waals surface area (Å²) in [6.45, 7) is 6.15. The first-order chi connectivity index (χ1) is 20.3. The van der Waals surface area contributed by atoms with Crippen molar-refractivity contribution in [2.75, 3.05) is 37.7 Å². The highest BCUT2D eigenvalue weighted by Gasteiger charge is 2.30. The van der Waals surface area contributed by atoms with Crippen LogP contribution in [0, 0.1) is 0 Å². The molecule has 1 unspecified atom stereocenters. The van der Waals surface area contributed by atoms with Crippen molar-refractivity contribution in [3.05, 3.63) is 59.4 Å². The lowest BCUT2D eigenvalue weighted by molar-refractivity contribution is -0.125. The zero-order valence-corrected chi connectivity index (χ0v) is 24.8. The van der Waals surface area contributed by atoms with Crippen LogP contribution >= 0.6 is 11.3 Å². The Bertz CT molecular complexity index is 1640. The average molecular weight is 586 g/mol. The van der Waals surface area contributed by atoms with Gasteiger partial charge in [0.2, 0.25) is 5.91 Å². The van der Waals surface area contributed by atoms with Crippen molar-refractivity contribution >= 4 is 45.1 Å². The van der Waals surface area contributed by atoms with Crippen LogP contribution in [0.3, 0.4) is 0 Å². The van der Waals surface area contributed by atoms with E-state index in [2.05, 4.69) is 46.1 Å². The fourth-order valence-electron chi connectivity index (χ4n) is 5.24. The predicted octanol–water partition coefficient (Wildman–Crippen LogP) is 4.33. The van der Waals surface area contributed by atoms with E-state index < -0.39 is 0 Å². The minimum Gasteiger partial charge on any atom is -0.383 e. The molecule has 6 rings (SSSR count). The van der Waals surface area contributed by atoms with Gasteiger partial charge in [-0.15, -0.1) is 11.3 Å². The molecule has 1 atom stereocenters. The van der Waals surface area contributed by atoms with Gasteiger partial charge in [-0.1, -0.05) is 32.1 Å². The van der Waals surface area contributed by atoms with Gasteiger partial charge in [0.05, 0.1) is 11.4 Å². The van der Waals surface area contributed by atoms with Crippen LogP contribution < -0.4 is 11.1 Å². The number of benzene rings is 1. The molecule has 2 amide bonds. The lowest BCUT2D eigenvalue weighted by Crippen LogP contribution is -2.28. The van der Waals surface area contributed by atoms with Gasteiger partial charge in [0.25, 0.3) is 5.91 Å². The molecule has 1 aliphatic carbocycles. The number of hydrogen-bond donors (Lipinski definition) is 2. The topological polar surface area (TPSA) is 135 Å². The van der Waals surface area contributed by atoms with Crippen molar-refractivity contribution in [1.82, 2.24) is 34.5 Å². The standard InChI is InChI=1S/C30H35N9O2S/c1-18(2)23-15-32-30(42-23)35-29(41)20-8-6-19(7-9-20)26-25-27(31)33-17-34-28(25)39(36-26)22-12-14-38(16-22)24(40)5-4-13-37(3)21-10-11-21/h4-9,15,17-18,21-22H,10-14,16H2,1-3H3,(H2,31,33,34)(H,32,35,41)/b5-4+. The second kappa shape index (κ2) is 11.6. The quantitative estimate of drug-likeness (QED) is 0.277. The highest BCUT2D eigenvalue weighted by Crippen LogP contribution is 2.34. The summed E-state index contributed by atoms with van der Waals surface area (Å²) in [4.78, 5) is 44.0. The van der Waals surface area contributed by atoms with Crippen molar-refractivity contribution in [3.8, 4) is 11.3 Å². The first kappa shape index (κ1) is 28.0. The van der Waals surface area contributed by atoms with Crippen LogP contribution in [0.15, 0.2) is 48.9 Å². The molecule has 2 aliphatic rings. The molecule has 42 heavy (non-hydrogen) atoms. The van der Waals surface area contributed by atoms with Crippen molar-refractivity contribution in [2.45, 2.75) is 51.1 Å². The molecule has 2 fully saturated rings. The molecule has 3 aromatic heterocycles. The second-order valence-corrected chi connectivity index (χ2v) is 12.4. The van der Waals surface area contributed by atoms with Crippen LogP contribution in [0.1, 0.15) is 60.3 Å². The summed E-state index contributed by atoms with van der Waals surface area (Å²) in [6.07, 6.45) is 10.1. The van der Waals surface area contributed by atoms with Crippen molar-refractivity contribution in [1.29, 1.82) is 0 Å². The van der Waals surface area contributed by atoms with E-state index >= 15 is 0 Å². The van der Waals surface area contributed by atoms with E-state index in [1.165, 1.54) is 30.5 Å². The van der Waals surface area contributed by atoms with E-state index in [9.17, 15) is 9.59 Å². The van der Waals surface area contributed by atoms with Gasteiger partial charge in [0.1, 0.15) is 17.8 Å². The number of hydrogen-bond acceptors (Lipinski definition) is 9. The van der Waals surface area contributed by atoms with Crippen LogP contribution in [0.5, 0.6) is 0 Å². The number of nitrogen functional groups attached to an aromatic ring is 1. The number of likely N-dealkylation sites (tertiary alicyclic amines) is 1. The molecule has 218 valence electrons. The van der Waals surface area contributed by atoms with Gasteiger partial charge >= 0.3 is 0 Å². The minimum atomic E-state index is -0.228. The van der Waals surface area contributed by atoms with Crippen LogP contribution in [0.2, 0.25) is 0 Å². The van der Waals surface area contributed by atoms with E-state index in [1.54, 1.807) is 24.4 Å². The maximum absolute atomic E-state index is 12.9.